The van der Waals surface area contributed by atoms with Gasteiger partial charge in [0.15, 0.2) is 0 Å². The first-order valence-electron chi connectivity index (χ1n) is 13.6. The van der Waals surface area contributed by atoms with Crippen LogP contribution < -0.4 is 0 Å². The third-order valence-electron chi connectivity index (χ3n) is 8.52. The average molecular weight is 495 g/mol. The van der Waals surface area contributed by atoms with E-state index in [0.29, 0.717) is 0 Å². The van der Waals surface area contributed by atoms with E-state index < -0.39 is 5.41 Å². The Balaban J connectivity index is 1.56. The van der Waals surface area contributed by atoms with Crippen molar-refractivity contribution >= 4 is 21.5 Å². The monoisotopic (exact) mass is 494 g/mol. The van der Waals surface area contributed by atoms with Gasteiger partial charge in [0, 0.05) is 0 Å². The minimum Gasteiger partial charge on any atom is -0.0622 e. The van der Waals surface area contributed by atoms with Gasteiger partial charge in [0.25, 0.3) is 0 Å². The highest BCUT2D eigenvalue weighted by molar-refractivity contribution is 6.10. The van der Waals surface area contributed by atoms with Gasteiger partial charge in [-0.25, -0.2) is 0 Å². The largest absolute Gasteiger partial charge is 0.0714 e. The summed E-state index contributed by atoms with van der Waals surface area (Å²) >= 11 is 0. The second-order valence-corrected chi connectivity index (χ2v) is 10.5. The van der Waals surface area contributed by atoms with Gasteiger partial charge in [0.1, 0.15) is 0 Å². The van der Waals surface area contributed by atoms with E-state index in [1.807, 2.05) is 0 Å². The fourth-order valence-electron chi connectivity index (χ4n) is 6.90. The minimum absolute atomic E-state index is 0.413. The number of rotatable bonds is 3. The van der Waals surface area contributed by atoms with Crippen LogP contribution in [0.15, 0.2) is 158 Å². The van der Waals surface area contributed by atoms with Crippen molar-refractivity contribution in [2.24, 2.45) is 0 Å². The van der Waals surface area contributed by atoms with Gasteiger partial charge in [0.05, 0.1) is 5.41 Å². The van der Waals surface area contributed by atoms with Crippen LogP contribution in [0.1, 0.15) is 22.3 Å². The van der Waals surface area contributed by atoms with E-state index in [2.05, 4.69) is 158 Å². The Hall–Kier alpha value is -4.94. The van der Waals surface area contributed by atoms with E-state index in [4.69, 9.17) is 0 Å². The lowest BCUT2D eigenvalue weighted by Gasteiger charge is -2.34. The van der Waals surface area contributed by atoms with Crippen LogP contribution in [-0.4, -0.2) is 0 Å². The Morgan fingerprint density at radius 2 is 0.949 bits per heavy atom. The molecule has 8 rings (SSSR count). The predicted octanol–water partition coefficient (Wildman–Crippen LogP) is 10.0. The zero-order valence-corrected chi connectivity index (χ0v) is 21.5. The molecule has 7 aromatic carbocycles. The molecule has 0 fully saturated rings. The summed E-state index contributed by atoms with van der Waals surface area (Å²) in [5, 5.41) is 5.12. The summed E-state index contributed by atoms with van der Waals surface area (Å²) in [4.78, 5) is 0. The van der Waals surface area contributed by atoms with Crippen LogP contribution in [-0.2, 0) is 5.41 Å². The molecular formula is C39H26. The van der Waals surface area contributed by atoms with Crippen LogP contribution in [0.25, 0.3) is 43.8 Å². The molecule has 1 aliphatic rings. The zero-order chi connectivity index (χ0) is 25.8. The standard InChI is InChI=1S/C39H26/c1-3-15-30(16-4-1)39(31-17-5-2-6-18-31)36-22-12-11-21-34(36)38-33-20-10-9-19-32(33)35(26-37(38)39)29-24-23-27-13-7-8-14-28(27)25-29/h1-26H. The molecule has 0 spiro atoms. The Morgan fingerprint density at radius 3 is 1.69 bits per heavy atom. The van der Waals surface area contributed by atoms with Crippen LogP contribution in [0.3, 0.4) is 0 Å². The van der Waals surface area contributed by atoms with E-state index in [0.717, 1.165) is 0 Å². The molecular weight excluding hydrogens is 468 g/mol. The summed E-state index contributed by atoms with van der Waals surface area (Å²) in [6.45, 7) is 0. The van der Waals surface area contributed by atoms with Crippen LogP contribution in [0, 0.1) is 0 Å². The third kappa shape index (κ3) is 3.12. The van der Waals surface area contributed by atoms with Crippen molar-refractivity contribution in [3.63, 3.8) is 0 Å². The Kier molecular flexibility index (Phi) is 4.84. The molecule has 0 bridgehead atoms. The molecule has 0 saturated heterocycles. The first-order chi connectivity index (χ1) is 19.4. The molecule has 7 aromatic rings. The van der Waals surface area contributed by atoms with Gasteiger partial charge < -0.3 is 0 Å². The molecule has 0 aliphatic heterocycles. The maximum atomic E-state index is 2.49. The zero-order valence-electron chi connectivity index (χ0n) is 21.5. The molecule has 0 N–H and O–H groups in total. The van der Waals surface area contributed by atoms with Gasteiger partial charge in [-0.15, -0.1) is 0 Å². The van der Waals surface area contributed by atoms with Crippen molar-refractivity contribution in [2.45, 2.75) is 5.41 Å². The van der Waals surface area contributed by atoms with Crippen molar-refractivity contribution in [1.29, 1.82) is 0 Å². The summed E-state index contributed by atoms with van der Waals surface area (Å²) in [6, 6.07) is 58.1. The molecule has 0 heteroatoms. The maximum Gasteiger partial charge on any atom is 0.0714 e. The van der Waals surface area contributed by atoms with Crippen molar-refractivity contribution in [2.75, 3.05) is 0 Å². The van der Waals surface area contributed by atoms with E-state index in [9.17, 15) is 0 Å². The van der Waals surface area contributed by atoms with Crippen molar-refractivity contribution in [3.8, 4) is 22.3 Å². The van der Waals surface area contributed by atoms with E-state index >= 15 is 0 Å². The van der Waals surface area contributed by atoms with Gasteiger partial charge in [-0.2, -0.15) is 0 Å². The lowest BCUT2D eigenvalue weighted by molar-refractivity contribution is 0.769. The van der Waals surface area contributed by atoms with Crippen LogP contribution >= 0.6 is 0 Å². The number of hydrogen-bond acceptors (Lipinski definition) is 0. The minimum atomic E-state index is -0.413. The van der Waals surface area contributed by atoms with Crippen molar-refractivity contribution in [3.05, 3.63) is 180 Å². The summed E-state index contributed by atoms with van der Waals surface area (Å²) < 4.78 is 0. The highest BCUT2D eigenvalue weighted by atomic mass is 14.5. The van der Waals surface area contributed by atoms with Crippen molar-refractivity contribution in [1.82, 2.24) is 0 Å². The molecule has 0 aromatic heterocycles. The molecule has 0 nitrogen and oxygen atoms in total. The molecule has 39 heavy (non-hydrogen) atoms. The maximum absolute atomic E-state index is 2.49. The lowest BCUT2D eigenvalue weighted by atomic mass is 9.67. The first-order valence-corrected chi connectivity index (χ1v) is 13.6. The van der Waals surface area contributed by atoms with Gasteiger partial charge in [-0.3, -0.25) is 0 Å². The number of benzene rings is 7. The fraction of sp³-hybridized carbons (Fsp3) is 0.0256. The van der Waals surface area contributed by atoms with Gasteiger partial charge in [0.2, 0.25) is 0 Å². The lowest BCUT2D eigenvalue weighted by Crippen LogP contribution is -2.28. The average Bonchev–Trinajstić information content (AvgIpc) is 3.32. The quantitative estimate of drug-likeness (QED) is 0.229. The van der Waals surface area contributed by atoms with Crippen LogP contribution in [0.2, 0.25) is 0 Å². The van der Waals surface area contributed by atoms with E-state index in [-0.39, 0.29) is 0 Å². The molecule has 0 unspecified atom stereocenters. The van der Waals surface area contributed by atoms with Gasteiger partial charge >= 0.3 is 0 Å². The van der Waals surface area contributed by atoms with Crippen molar-refractivity contribution < 1.29 is 0 Å². The van der Waals surface area contributed by atoms with Gasteiger partial charge in [-0.1, -0.05) is 146 Å². The second-order valence-electron chi connectivity index (χ2n) is 10.5. The summed E-state index contributed by atoms with van der Waals surface area (Å²) in [6.07, 6.45) is 0. The summed E-state index contributed by atoms with van der Waals surface area (Å²) in [5.41, 5.74) is 10.1. The number of hydrogen-bond donors (Lipinski definition) is 0. The molecule has 0 atom stereocenters. The predicted molar refractivity (Wildman–Crippen MR) is 164 cm³/mol. The summed E-state index contributed by atoms with van der Waals surface area (Å²) in [7, 11) is 0. The smallest absolute Gasteiger partial charge is 0.0622 e. The Labute approximate surface area is 228 Å². The SMILES string of the molecule is c1ccc(C2(c3ccccc3)c3ccccc3-c3c2cc(-c2ccc4ccccc4c2)c2ccccc32)cc1. The first kappa shape index (κ1) is 22.1. The molecule has 0 amide bonds. The molecule has 0 heterocycles. The van der Waals surface area contributed by atoms with Crippen LogP contribution in [0.4, 0.5) is 0 Å². The highest BCUT2D eigenvalue weighted by Gasteiger charge is 2.46. The molecule has 1 aliphatic carbocycles. The Bertz CT molecular complexity index is 1960. The third-order valence-corrected chi connectivity index (χ3v) is 8.52. The Morgan fingerprint density at radius 1 is 0.359 bits per heavy atom. The second kappa shape index (κ2) is 8.55. The topological polar surface area (TPSA) is 0 Å². The van der Waals surface area contributed by atoms with E-state index in [1.165, 1.54) is 66.1 Å². The van der Waals surface area contributed by atoms with E-state index in [1.54, 1.807) is 0 Å². The molecule has 0 radical (unpaired) electrons. The molecule has 182 valence electrons. The fourth-order valence-corrected chi connectivity index (χ4v) is 6.90. The van der Waals surface area contributed by atoms with Gasteiger partial charge in [-0.05, 0) is 78.2 Å². The molecule has 0 saturated carbocycles. The normalized spacial score (nSPS) is 13.3. The highest BCUT2D eigenvalue weighted by Crippen LogP contribution is 2.58. The summed E-state index contributed by atoms with van der Waals surface area (Å²) in [5.74, 6) is 0. The van der Waals surface area contributed by atoms with Crippen LogP contribution in [0.5, 0.6) is 0 Å². The number of fused-ring (bicyclic) bond motifs is 6.